The molecule has 172 valence electrons. The number of rotatable bonds is 6. The van der Waals surface area contributed by atoms with Gasteiger partial charge in [0.25, 0.3) is 5.91 Å². The molecule has 7 nitrogen and oxygen atoms in total. The van der Waals surface area contributed by atoms with E-state index in [-0.39, 0.29) is 10.5 Å². The highest BCUT2D eigenvalue weighted by Gasteiger charge is 2.26. The van der Waals surface area contributed by atoms with Gasteiger partial charge in [-0.15, -0.1) is 0 Å². The number of carbonyl (C=O) groups excluding carboxylic acids is 2. The molecule has 0 aromatic heterocycles. The number of sulfonamides is 1. The van der Waals surface area contributed by atoms with Crippen molar-refractivity contribution < 1.29 is 22.7 Å². The maximum atomic E-state index is 13.0. The van der Waals surface area contributed by atoms with Crippen LogP contribution >= 0.6 is 23.2 Å². The second-order valence-corrected chi connectivity index (χ2v) is 10.4. The smallest absolute Gasteiger partial charge is 0.338 e. The lowest BCUT2D eigenvalue weighted by molar-refractivity contribution is -0.123. The maximum Gasteiger partial charge on any atom is 0.338 e. The molecule has 1 fully saturated rings. The van der Waals surface area contributed by atoms with Crippen LogP contribution < -0.4 is 5.32 Å². The Morgan fingerprint density at radius 3 is 2.25 bits per heavy atom. The van der Waals surface area contributed by atoms with Crippen molar-refractivity contribution in [2.45, 2.75) is 43.6 Å². The molecule has 2 aromatic carbocycles. The highest BCUT2D eigenvalue weighted by atomic mass is 35.5. The lowest BCUT2D eigenvalue weighted by Crippen LogP contribution is -2.32. The summed E-state index contributed by atoms with van der Waals surface area (Å²) in [5.74, 6) is -1.38. The topological polar surface area (TPSA) is 92.8 Å². The first-order valence-corrected chi connectivity index (χ1v) is 12.4. The van der Waals surface area contributed by atoms with Gasteiger partial charge in [0.15, 0.2) is 6.10 Å². The summed E-state index contributed by atoms with van der Waals surface area (Å²) in [7, 11) is -3.71. The average molecular weight is 499 g/mol. The van der Waals surface area contributed by atoms with Crippen LogP contribution in [0.5, 0.6) is 0 Å². The molecule has 3 rings (SSSR count). The quantitative estimate of drug-likeness (QED) is 0.580. The summed E-state index contributed by atoms with van der Waals surface area (Å²) < 4.78 is 32.7. The van der Waals surface area contributed by atoms with E-state index in [0.717, 1.165) is 25.7 Å². The highest BCUT2D eigenvalue weighted by molar-refractivity contribution is 7.89. The van der Waals surface area contributed by atoms with Crippen LogP contribution in [0.3, 0.4) is 0 Å². The molecule has 0 radical (unpaired) electrons. The highest BCUT2D eigenvalue weighted by Crippen LogP contribution is 2.23. The summed E-state index contributed by atoms with van der Waals surface area (Å²) in [4.78, 5) is 25.0. The number of hydrogen-bond donors (Lipinski definition) is 1. The van der Waals surface area contributed by atoms with Crippen molar-refractivity contribution in [3.8, 4) is 0 Å². The number of anilines is 1. The first kappa shape index (κ1) is 24.5. The zero-order chi connectivity index (χ0) is 23.3. The molecule has 0 saturated carbocycles. The Morgan fingerprint density at radius 1 is 1.00 bits per heavy atom. The van der Waals surface area contributed by atoms with Gasteiger partial charge in [-0.1, -0.05) is 42.1 Å². The minimum atomic E-state index is -3.71. The minimum Gasteiger partial charge on any atom is -0.449 e. The fraction of sp³-hybridized carbons (Fsp3) is 0.364. The van der Waals surface area contributed by atoms with E-state index in [0.29, 0.717) is 28.8 Å². The Kier molecular flexibility index (Phi) is 8.16. The van der Waals surface area contributed by atoms with Crippen molar-refractivity contribution in [3.63, 3.8) is 0 Å². The van der Waals surface area contributed by atoms with Gasteiger partial charge in [-0.05, 0) is 56.2 Å². The van der Waals surface area contributed by atoms with E-state index < -0.39 is 28.0 Å². The number of ether oxygens (including phenoxy) is 1. The monoisotopic (exact) mass is 498 g/mol. The predicted molar refractivity (Wildman–Crippen MR) is 124 cm³/mol. The first-order chi connectivity index (χ1) is 15.2. The molecule has 1 aliphatic rings. The molecule has 0 unspecified atom stereocenters. The van der Waals surface area contributed by atoms with Crippen LogP contribution in [-0.2, 0) is 19.6 Å². The van der Waals surface area contributed by atoms with Crippen LogP contribution in [0.1, 0.15) is 43.0 Å². The number of carbonyl (C=O) groups is 2. The third kappa shape index (κ3) is 6.22. The molecule has 1 heterocycles. The molecule has 1 atom stereocenters. The van der Waals surface area contributed by atoms with Gasteiger partial charge in [0.1, 0.15) is 0 Å². The summed E-state index contributed by atoms with van der Waals surface area (Å²) in [6, 6.07) is 10.2. The van der Waals surface area contributed by atoms with Gasteiger partial charge < -0.3 is 10.1 Å². The van der Waals surface area contributed by atoms with E-state index in [1.165, 1.54) is 53.7 Å². The SMILES string of the molecule is C[C@H](OC(=O)c1cccc(S(=O)(=O)N2CCCCCC2)c1)C(=O)Nc1cc(Cl)cc(Cl)c1. The number of hydrogen-bond acceptors (Lipinski definition) is 5. The van der Waals surface area contributed by atoms with Crippen molar-refractivity contribution in [2.24, 2.45) is 0 Å². The van der Waals surface area contributed by atoms with E-state index in [4.69, 9.17) is 27.9 Å². The van der Waals surface area contributed by atoms with Crippen molar-refractivity contribution >= 4 is 50.8 Å². The fourth-order valence-electron chi connectivity index (χ4n) is 3.37. The Balaban J connectivity index is 1.69. The minimum absolute atomic E-state index is 0.0273. The Morgan fingerprint density at radius 2 is 1.62 bits per heavy atom. The molecule has 1 saturated heterocycles. The summed E-state index contributed by atoms with van der Waals surface area (Å²) in [6.45, 7) is 2.33. The van der Waals surface area contributed by atoms with Crippen LogP contribution in [-0.4, -0.2) is 43.8 Å². The number of nitrogens with one attached hydrogen (secondary N) is 1. The number of halogens is 2. The van der Waals surface area contributed by atoms with Gasteiger partial charge in [-0.3, -0.25) is 4.79 Å². The molecule has 10 heteroatoms. The van der Waals surface area contributed by atoms with Gasteiger partial charge in [-0.25, -0.2) is 13.2 Å². The second kappa shape index (κ2) is 10.7. The van der Waals surface area contributed by atoms with E-state index in [1.54, 1.807) is 0 Å². The molecule has 0 bridgehead atoms. The fourth-order valence-corrected chi connectivity index (χ4v) is 5.46. The van der Waals surface area contributed by atoms with Gasteiger partial charge in [0.2, 0.25) is 10.0 Å². The zero-order valence-electron chi connectivity index (χ0n) is 17.5. The van der Waals surface area contributed by atoms with Crippen LogP contribution in [0.25, 0.3) is 0 Å². The van der Waals surface area contributed by atoms with Gasteiger partial charge in [0, 0.05) is 28.8 Å². The van der Waals surface area contributed by atoms with E-state index in [2.05, 4.69) is 5.32 Å². The van der Waals surface area contributed by atoms with Crippen LogP contribution in [0, 0.1) is 0 Å². The molecular weight excluding hydrogens is 475 g/mol. The second-order valence-electron chi connectivity index (χ2n) is 7.54. The number of amides is 1. The Labute approximate surface area is 197 Å². The summed E-state index contributed by atoms with van der Waals surface area (Å²) in [5, 5.41) is 3.27. The Bertz CT molecular complexity index is 1080. The molecule has 0 aliphatic carbocycles. The van der Waals surface area contributed by atoms with Crippen LogP contribution in [0.15, 0.2) is 47.4 Å². The van der Waals surface area contributed by atoms with Crippen molar-refractivity contribution in [2.75, 3.05) is 18.4 Å². The molecule has 2 aromatic rings. The number of nitrogens with zero attached hydrogens (tertiary/aromatic N) is 1. The molecule has 1 N–H and O–H groups in total. The average Bonchev–Trinajstić information content (AvgIpc) is 3.03. The summed E-state index contributed by atoms with van der Waals surface area (Å²) in [5.41, 5.74) is 0.410. The molecule has 1 amide bonds. The third-order valence-electron chi connectivity index (χ3n) is 5.06. The van der Waals surface area contributed by atoms with Gasteiger partial charge in [-0.2, -0.15) is 4.31 Å². The van der Waals surface area contributed by atoms with Crippen molar-refractivity contribution in [1.29, 1.82) is 0 Å². The van der Waals surface area contributed by atoms with Crippen LogP contribution in [0.4, 0.5) is 5.69 Å². The number of benzene rings is 2. The van der Waals surface area contributed by atoms with E-state index in [1.807, 2.05) is 0 Å². The van der Waals surface area contributed by atoms with E-state index in [9.17, 15) is 18.0 Å². The molecule has 0 spiro atoms. The summed E-state index contributed by atoms with van der Waals surface area (Å²) >= 11 is 11.8. The maximum absolute atomic E-state index is 13.0. The molecule has 1 aliphatic heterocycles. The third-order valence-corrected chi connectivity index (χ3v) is 7.39. The van der Waals surface area contributed by atoms with Crippen molar-refractivity contribution in [3.05, 3.63) is 58.1 Å². The standard InChI is InChI=1S/C22H24Cl2N2O5S/c1-15(21(27)25-19-13-17(23)12-18(24)14-19)31-22(28)16-7-6-8-20(11-16)32(29,30)26-9-4-2-3-5-10-26/h6-8,11-15H,2-5,9-10H2,1H3,(H,25,27)/t15-/m0/s1. The lowest BCUT2D eigenvalue weighted by atomic mass is 10.2. The zero-order valence-corrected chi connectivity index (χ0v) is 19.8. The normalized spacial score (nSPS) is 16.1. The number of esters is 1. The van der Waals surface area contributed by atoms with Crippen LogP contribution in [0.2, 0.25) is 10.0 Å². The molecular formula is C22H24Cl2N2O5S. The first-order valence-electron chi connectivity index (χ1n) is 10.2. The van der Waals surface area contributed by atoms with E-state index >= 15 is 0 Å². The Hall–Kier alpha value is -2.13. The molecule has 32 heavy (non-hydrogen) atoms. The summed E-state index contributed by atoms with van der Waals surface area (Å²) in [6.07, 6.45) is 2.49. The largest absolute Gasteiger partial charge is 0.449 e. The lowest BCUT2D eigenvalue weighted by Gasteiger charge is -2.20. The van der Waals surface area contributed by atoms with Gasteiger partial charge >= 0.3 is 5.97 Å². The van der Waals surface area contributed by atoms with Gasteiger partial charge in [0.05, 0.1) is 10.5 Å². The van der Waals surface area contributed by atoms with Crippen molar-refractivity contribution in [1.82, 2.24) is 4.31 Å². The predicted octanol–water partition coefficient (Wildman–Crippen LogP) is 4.74.